The minimum Gasteiger partial charge on any atom is -0.395 e. The van der Waals surface area contributed by atoms with Crippen molar-refractivity contribution in [3.63, 3.8) is 0 Å². The largest absolute Gasteiger partial charge is 0.395 e. The Labute approximate surface area is 106 Å². The highest BCUT2D eigenvalue weighted by atomic mass is 35.5. The van der Waals surface area contributed by atoms with Crippen LogP contribution >= 0.6 is 11.6 Å². The molecule has 1 rings (SSSR count). The van der Waals surface area contributed by atoms with Crippen LogP contribution in [0.1, 0.15) is 19.4 Å². The van der Waals surface area contributed by atoms with Gasteiger partial charge in [-0.05, 0) is 25.5 Å². The van der Waals surface area contributed by atoms with E-state index in [1.807, 2.05) is 32.0 Å². The van der Waals surface area contributed by atoms with Gasteiger partial charge in [-0.3, -0.25) is 0 Å². The lowest BCUT2D eigenvalue weighted by Gasteiger charge is -2.27. The second kappa shape index (κ2) is 5.89. The van der Waals surface area contributed by atoms with Crippen LogP contribution in [0.15, 0.2) is 24.3 Å². The van der Waals surface area contributed by atoms with E-state index in [4.69, 9.17) is 16.7 Å². The van der Waals surface area contributed by atoms with Gasteiger partial charge in [-0.15, -0.1) is 0 Å². The molecule has 0 aliphatic heterocycles. The third kappa shape index (κ3) is 3.91. The second-order valence-corrected chi connectivity index (χ2v) is 4.62. The first-order chi connectivity index (χ1) is 7.97. The molecule has 2 amide bonds. The van der Waals surface area contributed by atoms with Crippen LogP contribution in [0.2, 0.25) is 5.02 Å². The third-order valence-corrected chi connectivity index (χ3v) is 2.70. The Morgan fingerprint density at radius 3 is 2.65 bits per heavy atom. The molecule has 0 aliphatic rings. The molecule has 0 spiro atoms. The highest BCUT2D eigenvalue weighted by Crippen LogP contribution is 2.27. The molecule has 1 aromatic carbocycles. The third-order valence-electron chi connectivity index (χ3n) is 2.37. The monoisotopic (exact) mass is 256 g/mol. The van der Waals surface area contributed by atoms with Crippen LogP contribution in [-0.2, 0) is 5.54 Å². The van der Waals surface area contributed by atoms with Gasteiger partial charge in [0.25, 0.3) is 0 Å². The Hall–Kier alpha value is -1.26. The van der Waals surface area contributed by atoms with Gasteiger partial charge in [0.15, 0.2) is 0 Å². The summed E-state index contributed by atoms with van der Waals surface area (Å²) in [6.45, 7) is 3.88. The number of halogens is 1. The number of urea groups is 1. The number of benzene rings is 1. The standard InChI is InChI=1S/C12H17ClN2O2/c1-12(2,15-11(17)14-7-8-16)9-5-3-4-6-10(9)13/h3-6,16H,7-8H2,1-2H3,(H2,14,15,17). The van der Waals surface area contributed by atoms with E-state index in [1.54, 1.807) is 6.07 Å². The molecule has 0 aromatic heterocycles. The normalized spacial score (nSPS) is 11.1. The maximum absolute atomic E-state index is 11.5. The minimum absolute atomic E-state index is 0.0834. The van der Waals surface area contributed by atoms with Crippen LogP contribution in [0.5, 0.6) is 0 Å². The van der Waals surface area contributed by atoms with Gasteiger partial charge in [0.1, 0.15) is 0 Å². The SMILES string of the molecule is CC(C)(NC(=O)NCCO)c1ccccc1Cl. The lowest BCUT2D eigenvalue weighted by Crippen LogP contribution is -2.47. The maximum atomic E-state index is 11.5. The van der Waals surface area contributed by atoms with Crippen molar-refractivity contribution in [2.75, 3.05) is 13.2 Å². The van der Waals surface area contributed by atoms with Gasteiger partial charge in [-0.1, -0.05) is 29.8 Å². The molecule has 0 bridgehead atoms. The molecule has 0 unspecified atom stereocenters. The molecule has 1 aromatic rings. The van der Waals surface area contributed by atoms with Crippen LogP contribution in [0, 0.1) is 0 Å². The zero-order chi connectivity index (χ0) is 12.9. The van der Waals surface area contributed by atoms with E-state index in [9.17, 15) is 4.79 Å². The van der Waals surface area contributed by atoms with Gasteiger partial charge < -0.3 is 15.7 Å². The zero-order valence-electron chi connectivity index (χ0n) is 9.96. The number of aliphatic hydroxyl groups excluding tert-OH is 1. The summed E-state index contributed by atoms with van der Waals surface area (Å²) in [6, 6.07) is 7.04. The molecule has 5 heteroatoms. The van der Waals surface area contributed by atoms with Crippen molar-refractivity contribution >= 4 is 17.6 Å². The first-order valence-corrected chi connectivity index (χ1v) is 5.77. The Bertz CT molecular complexity index is 394. The fourth-order valence-corrected chi connectivity index (χ4v) is 1.90. The number of rotatable bonds is 4. The molecule has 0 saturated carbocycles. The number of aliphatic hydroxyl groups is 1. The predicted octanol–water partition coefficient (Wildman–Crippen LogP) is 1.87. The lowest BCUT2D eigenvalue weighted by atomic mass is 9.94. The number of carbonyl (C=O) groups excluding carboxylic acids is 1. The van der Waals surface area contributed by atoms with Crippen molar-refractivity contribution in [1.82, 2.24) is 10.6 Å². The quantitative estimate of drug-likeness (QED) is 0.770. The highest BCUT2D eigenvalue weighted by molar-refractivity contribution is 6.31. The fourth-order valence-electron chi connectivity index (χ4n) is 1.53. The van der Waals surface area contributed by atoms with Gasteiger partial charge in [-0.2, -0.15) is 0 Å². The van der Waals surface area contributed by atoms with Crippen LogP contribution in [0.3, 0.4) is 0 Å². The zero-order valence-corrected chi connectivity index (χ0v) is 10.7. The van der Waals surface area contributed by atoms with E-state index < -0.39 is 5.54 Å². The first-order valence-electron chi connectivity index (χ1n) is 5.39. The van der Waals surface area contributed by atoms with Gasteiger partial charge in [0, 0.05) is 11.6 Å². The van der Waals surface area contributed by atoms with Gasteiger partial charge >= 0.3 is 6.03 Å². The van der Waals surface area contributed by atoms with Crippen molar-refractivity contribution in [1.29, 1.82) is 0 Å². The molecular formula is C12H17ClN2O2. The first kappa shape index (κ1) is 13.8. The van der Waals surface area contributed by atoms with Crippen LogP contribution < -0.4 is 10.6 Å². The maximum Gasteiger partial charge on any atom is 0.315 e. The van der Waals surface area contributed by atoms with E-state index >= 15 is 0 Å². The molecule has 0 heterocycles. The van der Waals surface area contributed by atoms with Crippen molar-refractivity contribution in [2.24, 2.45) is 0 Å². The average molecular weight is 257 g/mol. The molecule has 0 aliphatic carbocycles. The molecule has 3 N–H and O–H groups in total. The highest BCUT2D eigenvalue weighted by Gasteiger charge is 2.24. The molecule has 17 heavy (non-hydrogen) atoms. The van der Waals surface area contributed by atoms with Crippen molar-refractivity contribution in [3.05, 3.63) is 34.9 Å². The minimum atomic E-state index is -0.572. The van der Waals surface area contributed by atoms with Crippen molar-refractivity contribution in [2.45, 2.75) is 19.4 Å². The molecular weight excluding hydrogens is 240 g/mol. The summed E-state index contributed by atoms with van der Waals surface area (Å²) in [5.41, 5.74) is 0.276. The Morgan fingerprint density at radius 1 is 1.41 bits per heavy atom. The molecule has 0 fully saturated rings. The summed E-state index contributed by atoms with van der Waals surface area (Å²) in [7, 11) is 0. The van der Waals surface area contributed by atoms with Gasteiger partial charge in [-0.25, -0.2) is 4.79 Å². The molecule has 0 saturated heterocycles. The van der Waals surface area contributed by atoms with E-state index in [0.717, 1.165) is 5.56 Å². The molecule has 4 nitrogen and oxygen atoms in total. The van der Waals surface area contributed by atoms with Gasteiger partial charge in [0.05, 0.1) is 12.1 Å². The number of hydrogen-bond acceptors (Lipinski definition) is 2. The Morgan fingerprint density at radius 2 is 2.06 bits per heavy atom. The summed E-state index contributed by atoms with van der Waals surface area (Å²) in [6.07, 6.45) is 0. The number of amides is 2. The number of nitrogens with one attached hydrogen (secondary N) is 2. The Kier molecular flexibility index (Phi) is 4.78. The summed E-state index contributed by atoms with van der Waals surface area (Å²) in [5.74, 6) is 0. The average Bonchev–Trinajstić information content (AvgIpc) is 2.26. The molecule has 0 radical (unpaired) electrons. The van der Waals surface area contributed by atoms with Gasteiger partial charge in [0.2, 0.25) is 0 Å². The summed E-state index contributed by atoms with van der Waals surface area (Å²) in [4.78, 5) is 11.5. The van der Waals surface area contributed by atoms with E-state index in [1.165, 1.54) is 0 Å². The number of carbonyl (C=O) groups is 1. The van der Waals surface area contributed by atoms with Crippen LogP contribution in [0.25, 0.3) is 0 Å². The van der Waals surface area contributed by atoms with E-state index in [0.29, 0.717) is 5.02 Å². The van der Waals surface area contributed by atoms with Crippen molar-refractivity contribution in [3.8, 4) is 0 Å². The predicted molar refractivity (Wildman–Crippen MR) is 68.1 cm³/mol. The topological polar surface area (TPSA) is 61.4 Å². The number of hydrogen-bond donors (Lipinski definition) is 3. The second-order valence-electron chi connectivity index (χ2n) is 4.21. The molecule has 94 valence electrons. The van der Waals surface area contributed by atoms with Crippen LogP contribution in [0.4, 0.5) is 4.79 Å². The fraction of sp³-hybridized carbons (Fsp3) is 0.417. The van der Waals surface area contributed by atoms with Crippen LogP contribution in [-0.4, -0.2) is 24.3 Å². The lowest BCUT2D eigenvalue weighted by molar-refractivity contribution is 0.224. The summed E-state index contributed by atoms with van der Waals surface area (Å²) >= 11 is 6.08. The van der Waals surface area contributed by atoms with E-state index in [2.05, 4.69) is 10.6 Å². The summed E-state index contributed by atoms with van der Waals surface area (Å²) < 4.78 is 0. The smallest absolute Gasteiger partial charge is 0.315 e. The van der Waals surface area contributed by atoms with E-state index in [-0.39, 0.29) is 19.2 Å². The van der Waals surface area contributed by atoms with Crippen molar-refractivity contribution < 1.29 is 9.90 Å². The summed E-state index contributed by atoms with van der Waals surface area (Å²) in [5, 5.41) is 14.6. The Balaban J connectivity index is 2.75. The molecule has 0 atom stereocenters.